The van der Waals surface area contributed by atoms with Gasteiger partial charge in [0, 0.05) is 23.3 Å². The number of carboxylic acids is 1. The smallest absolute Gasteiger partial charge is 0.309 e. The molecule has 0 atom stereocenters. The highest BCUT2D eigenvalue weighted by atomic mass is 32.1. The lowest BCUT2D eigenvalue weighted by Crippen LogP contribution is -2.02. The average Bonchev–Trinajstić information content (AvgIpc) is 3.11. The van der Waals surface area contributed by atoms with Crippen molar-refractivity contribution >= 4 is 28.0 Å². The lowest BCUT2D eigenvalue weighted by Gasteiger charge is -1.98. The number of carboxylic acid groups (broad SMARTS) is 1. The summed E-state index contributed by atoms with van der Waals surface area (Å²) in [6.07, 6.45) is 1.51. The van der Waals surface area contributed by atoms with E-state index in [-0.39, 0.29) is 19.5 Å². The van der Waals surface area contributed by atoms with Crippen LogP contribution in [0.25, 0.3) is 16.2 Å². The Balaban J connectivity index is 0.000000925. The number of benzene rings is 1. The number of nitro groups is 1. The molecular weight excluding hydrogens is 330 g/mol. The van der Waals surface area contributed by atoms with Gasteiger partial charge in [0.25, 0.3) is 5.69 Å². The molecule has 7 nitrogen and oxygen atoms in total. The summed E-state index contributed by atoms with van der Waals surface area (Å²) in [6, 6.07) is 6.34. The maximum atomic E-state index is 11.1. The summed E-state index contributed by atoms with van der Waals surface area (Å²) in [5.74, 6) is -0.935. The van der Waals surface area contributed by atoms with Gasteiger partial charge in [0.15, 0.2) is 4.96 Å². The van der Waals surface area contributed by atoms with E-state index in [0.717, 1.165) is 0 Å². The summed E-state index contributed by atoms with van der Waals surface area (Å²) in [5.41, 5.74) is 1.45. The predicted molar refractivity (Wildman–Crippen MR) is 94.6 cm³/mol. The number of nitrogens with zero attached hydrogens (tertiary/aromatic N) is 3. The van der Waals surface area contributed by atoms with Crippen molar-refractivity contribution in [2.45, 2.75) is 27.7 Å². The molecule has 0 radical (unpaired) electrons. The fourth-order valence-electron chi connectivity index (χ4n) is 2.09. The first-order valence-electron chi connectivity index (χ1n) is 6.97. The summed E-state index contributed by atoms with van der Waals surface area (Å²) < 4.78 is 1.66. The Labute approximate surface area is 143 Å². The van der Waals surface area contributed by atoms with E-state index < -0.39 is 10.9 Å². The number of nitro benzene ring substituents is 1. The molecule has 2 heterocycles. The standard InChI is InChI=1S/C13H9N3O4S.C2H6.CH4/c17-12(18)5-8-7-21-13-14-10(6-15(8)13)9-3-1-2-4-11(9)16(19)20;1-2;/h1-4,6-7H,5H2,(H,17,18);1-2H3;1H4. The van der Waals surface area contributed by atoms with E-state index >= 15 is 0 Å². The molecule has 0 aliphatic rings. The van der Waals surface area contributed by atoms with Crippen molar-refractivity contribution in [2.75, 3.05) is 0 Å². The molecule has 0 saturated heterocycles. The quantitative estimate of drug-likeness (QED) is 0.560. The first kappa shape index (κ1) is 19.3. The van der Waals surface area contributed by atoms with Crippen molar-refractivity contribution in [3.63, 3.8) is 0 Å². The van der Waals surface area contributed by atoms with Gasteiger partial charge in [0.2, 0.25) is 0 Å². The third kappa shape index (κ3) is 3.77. The van der Waals surface area contributed by atoms with Crippen LogP contribution < -0.4 is 0 Å². The Morgan fingerprint density at radius 1 is 1.38 bits per heavy atom. The Hall–Kier alpha value is -2.74. The van der Waals surface area contributed by atoms with Crippen LogP contribution >= 0.6 is 11.3 Å². The topological polar surface area (TPSA) is 97.7 Å². The molecule has 0 unspecified atom stereocenters. The number of rotatable bonds is 4. The van der Waals surface area contributed by atoms with E-state index in [1.807, 2.05) is 13.8 Å². The van der Waals surface area contributed by atoms with Crippen molar-refractivity contribution in [3.8, 4) is 11.3 Å². The van der Waals surface area contributed by atoms with Crippen molar-refractivity contribution in [3.05, 3.63) is 51.7 Å². The van der Waals surface area contributed by atoms with Gasteiger partial charge in [-0.1, -0.05) is 33.4 Å². The zero-order chi connectivity index (χ0) is 17.0. The number of fused-ring (bicyclic) bond motifs is 1. The number of para-hydroxylation sites is 1. The predicted octanol–water partition coefficient (Wildman–Crippen LogP) is 4.26. The second-order valence-corrected chi connectivity index (χ2v) is 5.19. The largest absolute Gasteiger partial charge is 0.481 e. The Morgan fingerprint density at radius 3 is 2.67 bits per heavy atom. The van der Waals surface area contributed by atoms with E-state index in [2.05, 4.69) is 4.98 Å². The molecular formula is C16H19N3O4S. The second kappa shape index (κ2) is 8.21. The molecule has 0 amide bonds. The third-order valence-electron chi connectivity index (χ3n) is 2.99. The van der Waals surface area contributed by atoms with Crippen LogP contribution in [-0.2, 0) is 11.2 Å². The van der Waals surface area contributed by atoms with Crippen molar-refractivity contribution in [1.82, 2.24) is 9.38 Å². The molecule has 0 fully saturated rings. The normalized spacial score (nSPS) is 9.75. The van der Waals surface area contributed by atoms with E-state index in [0.29, 0.717) is 21.9 Å². The van der Waals surface area contributed by atoms with Gasteiger partial charge < -0.3 is 5.11 Å². The van der Waals surface area contributed by atoms with Gasteiger partial charge in [-0.25, -0.2) is 4.98 Å². The van der Waals surface area contributed by atoms with Crippen LogP contribution in [0.5, 0.6) is 0 Å². The number of aromatic nitrogens is 2. The number of imidazole rings is 1. The van der Waals surface area contributed by atoms with Crippen LogP contribution in [0.1, 0.15) is 27.0 Å². The first-order chi connectivity index (χ1) is 11.1. The van der Waals surface area contributed by atoms with Gasteiger partial charge in [-0.3, -0.25) is 19.3 Å². The van der Waals surface area contributed by atoms with Crippen LogP contribution in [0.3, 0.4) is 0 Å². The molecule has 0 saturated carbocycles. The summed E-state index contributed by atoms with van der Waals surface area (Å²) in [6.45, 7) is 4.00. The van der Waals surface area contributed by atoms with E-state index in [4.69, 9.17) is 5.11 Å². The molecule has 2 aromatic heterocycles. The number of aliphatic carboxylic acids is 1. The van der Waals surface area contributed by atoms with Gasteiger partial charge >= 0.3 is 5.97 Å². The number of hydrogen-bond acceptors (Lipinski definition) is 5. The minimum atomic E-state index is -0.935. The number of hydrogen-bond donors (Lipinski definition) is 1. The molecule has 1 aromatic carbocycles. The van der Waals surface area contributed by atoms with Crippen molar-refractivity contribution < 1.29 is 14.8 Å². The zero-order valence-electron chi connectivity index (χ0n) is 12.6. The molecule has 0 spiro atoms. The minimum Gasteiger partial charge on any atom is -0.481 e. The Kier molecular flexibility index (Phi) is 6.60. The van der Waals surface area contributed by atoms with Gasteiger partial charge in [-0.05, 0) is 6.07 Å². The summed E-state index contributed by atoms with van der Waals surface area (Å²) in [4.78, 5) is 26.4. The first-order valence-corrected chi connectivity index (χ1v) is 7.85. The minimum absolute atomic E-state index is 0. The Bertz CT molecular complexity index is 854. The molecule has 24 heavy (non-hydrogen) atoms. The highest BCUT2D eigenvalue weighted by Gasteiger charge is 2.18. The van der Waals surface area contributed by atoms with Crippen LogP contribution in [0.4, 0.5) is 5.69 Å². The number of carbonyl (C=O) groups is 1. The van der Waals surface area contributed by atoms with Gasteiger partial charge in [0.1, 0.15) is 0 Å². The van der Waals surface area contributed by atoms with Crippen molar-refractivity contribution in [1.29, 1.82) is 0 Å². The zero-order valence-corrected chi connectivity index (χ0v) is 13.4. The summed E-state index contributed by atoms with van der Waals surface area (Å²) in [5, 5.41) is 21.6. The fraction of sp³-hybridized carbons (Fsp3) is 0.250. The molecule has 8 heteroatoms. The lowest BCUT2D eigenvalue weighted by atomic mass is 10.1. The van der Waals surface area contributed by atoms with Gasteiger partial charge in [-0.15, -0.1) is 11.3 Å². The molecule has 3 rings (SSSR count). The van der Waals surface area contributed by atoms with Crippen LogP contribution in [0.15, 0.2) is 35.8 Å². The Morgan fingerprint density at radius 2 is 2.04 bits per heavy atom. The highest BCUT2D eigenvalue weighted by molar-refractivity contribution is 7.15. The van der Waals surface area contributed by atoms with E-state index in [1.54, 1.807) is 34.2 Å². The van der Waals surface area contributed by atoms with E-state index in [9.17, 15) is 14.9 Å². The van der Waals surface area contributed by atoms with Gasteiger partial charge in [-0.2, -0.15) is 0 Å². The molecule has 0 aliphatic carbocycles. The molecule has 0 aliphatic heterocycles. The molecule has 0 bridgehead atoms. The second-order valence-electron chi connectivity index (χ2n) is 4.35. The van der Waals surface area contributed by atoms with Crippen LogP contribution in [-0.4, -0.2) is 25.4 Å². The van der Waals surface area contributed by atoms with Gasteiger partial charge in [0.05, 0.1) is 22.6 Å². The SMILES string of the molecule is C.CC.O=C(O)Cc1csc2nc(-c3ccccc3[N+](=O)[O-])cn12. The van der Waals surface area contributed by atoms with Crippen LogP contribution in [0, 0.1) is 10.1 Å². The molecule has 1 N–H and O–H groups in total. The maximum absolute atomic E-state index is 11.1. The lowest BCUT2D eigenvalue weighted by molar-refractivity contribution is -0.384. The van der Waals surface area contributed by atoms with Crippen LogP contribution in [0.2, 0.25) is 0 Å². The maximum Gasteiger partial charge on any atom is 0.309 e. The summed E-state index contributed by atoms with van der Waals surface area (Å²) in [7, 11) is 0. The molecule has 3 aromatic rings. The summed E-state index contributed by atoms with van der Waals surface area (Å²) >= 11 is 1.30. The molecule has 128 valence electrons. The van der Waals surface area contributed by atoms with Crippen molar-refractivity contribution in [2.24, 2.45) is 0 Å². The third-order valence-corrected chi connectivity index (χ3v) is 3.88. The fourth-order valence-corrected chi connectivity index (χ4v) is 2.96. The average molecular weight is 349 g/mol. The highest BCUT2D eigenvalue weighted by Crippen LogP contribution is 2.30. The van der Waals surface area contributed by atoms with E-state index in [1.165, 1.54) is 17.4 Å². The number of thiazole rings is 1. The monoisotopic (exact) mass is 349 g/mol.